The van der Waals surface area contributed by atoms with Crippen molar-refractivity contribution in [1.29, 1.82) is 0 Å². The summed E-state index contributed by atoms with van der Waals surface area (Å²) >= 11 is 5.87. The highest BCUT2D eigenvalue weighted by Crippen LogP contribution is 2.24. The summed E-state index contributed by atoms with van der Waals surface area (Å²) < 4.78 is 46.2. The normalized spacial score (nSPS) is 12.7. The minimum atomic E-state index is -4.01. The van der Waals surface area contributed by atoms with Crippen LogP contribution in [0.2, 0.25) is 5.02 Å². The second kappa shape index (κ2) is 7.02. The zero-order valence-corrected chi connectivity index (χ0v) is 14.0. The van der Waals surface area contributed by atoms with Gasteiger partial charge in [0.15, 0.2) is 0 Å². The minimum Gasteiger partial charge on any atom is -0.377 e. The molecule has 1 rings (SSSR count). The monoisotopic (exact) mass is 338 g/mol. The third-order valence-corrected chi connectivity index (χ3v) is 4.60. The molecular formula is C13H20ClFN2O3S. The van der Waals surface area contributed by atoms with Gasteiger partial charge < -0.3 is 10.1 Å². The van der Waals surface area contributed by atoms with E-state index in [1.807, 2.05) is 0 Å². The minimum absolute atomic E-state index is 0.0130. The Bertz CT molecular complexity index is 606. The van der Waals surface area contributed by atoms with Crippen molar-refractivity contribution in [2.75, 3.05) is 20.7 Å². The van der Waals surface area contributed by atoms with Crippen LogP contribution in [0.5, 0.6) is 0 Å². The molecule has 0 aromatic heterocycles. The number of rotatable bonds is 7. The van der Waals surface area contributed by atoms with Crippen LogP contribution < -0.4 is 10.0 Å². The van der Waals surface area contributed by atoms with Gasteiger partial charge in [0.25, 0.3) is 0 Å². The molecule has 0 unspecified atom stereocenters. The molecule has 5 nitrogen and oxygen atoms in total. The van der Waals surface area contributed by atoms with Crippen LogP contribution in [0, 0.1) is 5.82 Å². The topological polar surface area (TPSA) is 67.4 Å². The van der Waals surface area contributed by atoms with Crippen molar-refractivity contribution < 1.29 is 17.5 Å². The fraction of sp³-hybridized carbons (Fsp3) is 0.538. The first-order valence-electron chi connectivity index (χ1n) is 6.30. The fourth-order valence-electron chi connectivity index (χ4n) is 1.55. The molecule has 8 heteroatoms. The third-order valence-electron chi connectivity index (χ3n) is 2.98. The maximum atomic E-state index is 14.3. The Balaban J connectivity index is 3.14. The highest BCUT2D eigenvalue weighted by atomic mass is 35.5. The molecular weight excluding hydrogens is 319 g/mol. The molecule has 2 N–H and O–H groups in total. The van der Waals surface area contributed by atoms with Gasteiger partial charge in [0.1, 0.15) is 10.7 Å². The second-order valence-corrected chi connectivity index (χ2v) is 7.37. The summed E-state index contributed by atoms with van der Waals surface area (Å²) in [4.78, 5) is -0.466. The van der Waals surface area contributed by atoms with E-state index in [1.54, 1.807) is 20.9 Å². The van der Waals surface area contributed by atoms with Gasteiger partial charge in [-0.2, -0.15) is 0 Å². The van der Waals surface area contributed by atoms with E-state index in [4.69, 9.17) is 16.3 Å². The summed E-state index contributed by atoms with van der Waals surface area (Å²) in [6, 6.07) is 2.49. The Hall–Kier alpha value is -0.730. The predicted octanol–water partition coefficient (Wildman–Crippen LogP) is 1.90. The number of hydrogen-bond acceptors (Lipinski definition) is 4. The van der Waals surface area contributed by atoms with Gasteiger partial charge in [0, 0.05) is 30.8 Å². The first-order chi connectivity index (χ1) is 9.63. The van der Waals surface area contributed by atoms with E-state index in [9.17, 15) is 12.8 Å². The molecule has 1 aromatic rings. The van der Waals surface area contributed by atoms with E-state index in [0.717, 1.165) is 6.07 Å². The standard InChI is InChI=1S/C13H20ClFN2O3S/c1-13(2,20-4)8-17-21(18,19)11-6-10(14)5-9(7-16-3)12(11)15/h5-6,16-17H,7-8H2,1-4H3. The van der Waals surface area contributed by atoms with Gasteiger partial charge in [-0.1, -0.05) is 11.6 Å². The molecule has 0 saturated heterocycles. The van der Waals surface area contributed by atoms with Crippen molar-refractivity contribution in [3.8, 4) is 0 Å². The summed E-state index contributed by atoms with van der Waals surface area (Å²) in [5.74, 6) is -0.809. The van der Waals surface area contributed by atoms with Crippen molar-refractivity contribution in [2.24, 2.45) is 0 Å². The zero-order chi connectivity index (χ0) is 16.3. The van der Waals surface area contributed by atoms with Crippen LogP contribution in [0.1, 0.15) is 19.4 Å². The first-order valence-corrected chi connectivity index (χ1v) is 8.16. The predicted molar refractivity (Wildman–Crippen MR) is 80.5 cm³/mol. The van der Waals surface area contributed by atoms with Crippen molar-refractivity contribution in [1.82, 2.24) is 10.0 Å². The van der Waals surface area contributed by atoms with Gasteiger partial charge in [0.05, 0.1) is 5.60 Å². The van der Waals surface area contributed by atoms with Crippen molar-refractivity contribution in [3.05, 3.63) is 28.5 Å². The van der Waals surface area contributed by atoms with E-state index in [-0.39, 0.29) is 23.7 Å². The molecule has 0 heterocycles. The number of hydrogen-bond donors (Lipinski definition) is 2. The number of sulfonamides is 1. The summed E-state index contributed by atoms with van der Waals surface area (Å²) in [6.45, 7) is 3.63. The molecule has 120 valence electrons. The van der Waals surface area contributed by atoms with E-state index in [1.165, 1.54) is 13.2 Å². The smallest absolute Gasteiger partial charge is 0.243 e. The molecule has 0 radical (unpaired) electrons. The zero-order valence-electron chi connectivity index (χ0n) is 12.5. The lowest BCUT2D eigenvalue weighted by atomic mass is 10.1. The Morgan fingerprint density at radius 1 is 1.38 bits per heavy atom. The third kappa shape index (κ3) is 4.89. The van der Waals surface area contributed by atoms with Gasteiger partial charge in [-0.15, -0.1) is 0 Å². The number of benzene rings is 1. The van der Waals surface area contributed by atoms with Crippen LogP contribution in [0.25, 0.3) is 0 Å². The maximum Gasteiger partial charge on any atom is 0.243 e. The molecule has 0 saturated carbocycles. The molecule has 1 aromatic carbocycles. The molecule has 0 aliphatic rings. The molecule has 0 bridgehead atoms. The molecule has 0 spiro atoms. The van der Waals surface area contributed by atoms with Gasteiger partial charge in [-0.3, -0.25) is 0 Å². The van der Waals surface area contributed by atoms with Gasteiger partial charge in [0.2, 0.25) is 10.0 Å². The first kappa shape index (κ1) is 18.3. The largest absolute Gasteiger partial charge is 0.377 e. The van der Waals surface area contributed by atoms with Crippen molar-refractivity contribution in [3.63, 3.8) is 0 Å². The lowest BCUT2D eigenvalue weighted by Crippen LogP contribution is -2.40. The maximum absolute atomic E-state index is 14.3. The van der Waals surface area contributed by atoms with Gasteiger partial charge >= 0.3 is 0 Å². The van der Waals surface area contributed by atoms with Crippen molar-refractivity contribution in [2.45, 2.75) is 30.9 Å². The lowest BCUT2D eigenvalue weighted by molar-refractivity contribution is 0.0276. The highest BCUT2D eigenvalue weighted by Gasteiger charge is 2.25. The number of halogens is 2. The van der Waals surface area contributed by atoms with E-state index in [2.05, 4.69) is 10.0 Å². The van der Waals surface area contributed by atoms with E-state index >= 15 is 0 Å². The Labute approximate surface area is 129 Å². The van der Waals surface area contributed by atoms with Gasteiger partial charge in [-0.05, 0) is 33.0 Å². The average molecular weight is 339 g/mol. The van der Waals surface area contributed by atoms with Crippen LogP contribution >= 0.6 is 11.6 Å². The van der Waals surface area contributed by atoms with Crippen molar-refractivity contribution >= 4 is 21.6 Å². The molecule has 0 amide bonds. The summed E-state index contributed by atoms with van der Waals surface area (Å²) in [5, 5.41) is 2.92. The summed E-state index contributed by atoms with van der Waals surface area (Å²) in [5.41, 5.74) is -0.507. The molecule has 0 aliphatic carbocycles. The summed E-state index contributed by atoms with van der Waals surface area (Å²) in [7, 11) is -0.910. The fourth-order valence-corrected chi connectivity index (χ4v) is 3.20. The Morgan fingerprint density at radius 2 is 2.00 bits per heavy atom. The van der Waals surface area contributed by atoms with Crippen LogP contribution in [0.15, 0.2) is 17.0 Å². The van der Waals surface area contributed by atoms with E-state index < -0.39 is 26.3 Å². The van der Waals surface area contributed by atoms with Crippen LogP contribution in [-0.4, -0.2) is 34.7 Å². The molecule has 0 fully saturated rings. The quantitative estimate of drug-likeness (QED) is 0.797. The number of nitrogens with one attached hydrogen (secondary N) is 2. The lowest BCUT2D eigenvalue weighted by Gasteiger charge is -2.23. The Kier molecular flexibility index (Phi) is 6.12. The van der Waals surface area contributed by atoms with Crippen LogP contribution in [0.3, 0.4) is 0 Å². The Morgan fingerprint density at radius 3 is 2.52 bits per heavy atom. The average Bonchev–Trinajstić information content (AvgIpc) is 2.41. The SMILES string of the molecule is CNCc1cc(Cl)cc(S(=O)(=O)NCC(C)(C)OC)c1F. The number of ether oxygens (including phenoxy) is 1. The summed E-state index contributed by atoms with van der Waals surface area (Å²) in [6.07, 6.45) is 0. The molecule has 21 heavy (non-hydrogen) atoms. The highest BCUT2D eigenvalue weighted by molar-refractivity contribution is 7.89. The van der Waals surface area contributed by atoms with Crippen LogP contribution in [0.4, 0.5) is 4.39 Å². The van der Waals surface area contributed by atoms with Gasteiger partial charge in [-0.25, -0.2) is 17.5 Å². The number of methoxy groups -OCH3 is 1. The molecule has 0 atom stereocenters. The molecule has 0 aliphatic heterocycles. The second-order valence-electron chi connectivity index (χ2n) is 5.20. The van der Waals surface area contributed by atoms with Crippen LogP contribution in [-0.2, 0) is 21.3 Å². The van der Waals surface area contributed by atoms with E-state index in [0.29, 0.717) is 0 Å².